The van der Waals surface area contributed by atoms with Crippen LogP contribution in [-0.4, -0.2) is 15.5 Å². The maximum atomic E-state index is 11.5. The van der Waals surface area contributed by atoms with Crippen LogP contribution in [-0.2, 0) is 13.0 Å². The summed E-state index contributed by atoms with van der Waals surface area (Å²) in [6.45, 7) is 0.917. The molecule has 2 heterocycles. The molecule has 4 nitrogen and oxygen atoms in total. The van der Waals surface area contributed by atoms with Crippen LogP contribution < -0.4 is 5.73 Å². The van der Waals surface area contributed by atoms with Gasteiger partial charge in [-0.2, -0.15) is 0 Å². The summed E-state index contributed by atoms with van der Waals surface area (Å²) < 4.78 is 2.14. The maximum absolute atomic E-state index is 11.5. The lowest BCUT2D eigenvalue weighted by Gasteiger charge is -2.17. The van der Waals surface area contributed by atoms with Gasteiger partial charge in [0.1, 0.15) is 11.5 Å². The van der Waals surface area contributed by atoms with Crippen LogP contribution >= 0.6 is 0 Å². The molecule has 0 bridgehead atoms. The quantitative estimate of drug-likeness (QED) is 0.874. The molecule has 1 aromatic heterocycles. The summed E-state index contributed by atoms with van der Waals surface area (Å²) in [5.41, 5.74) is 7.88. The zero-order valence-electron chi connectivity index (χ0n) is 10.1. The molecular formula is C14H15N3O. The summed E-state index contributed by atoms with van der Waals surface area (Å²) in [5, 5.41) is 0. The highest BCUT2D eigenvalue weighted by Gasteiger charge is 2.23. The van der Waals surface area contributed by atoms with Gasteiger partial charge in [-0.15, -0.1) is 0 Å². The molecule has 0 radical (unpaired) electrons. The van der Waals surface area contributed by atoms with Gasteiger partial charge in [-0.3, -0.25) is 4.79 Å². The third-order valence-electron chi connectivity index (χ3n) is 3.38. The van der Waals surface area contributed by atoms with E-state index in [2.05, 4.69) is 9.55 Å². The number of nitrogens with zero attached hydrogens (tertiary/aromatic N) is 2. The summed E-state index contributed by atoms with van der Waals surface area (Å²) in [6, 6.07) is 9.94. The Kier molecular flexibility index (Phi) is 2.63. The lowest BCUT2D eigenvalue weighted by molar-refractivity contribution is 0.0994. The Morgan fingerprint density at radius 3 is 2.72 bits per heavy atom. The standard InChI is InChI=1S/C14H15N3O/c15-13(18)12-11-8-4-5-9-17(11)14(16-12)10-6-2-1-3-7-10/h1-3,6-7H,4-5,8-9H2,(H2,15,18). The van der Waals surface area contributed by atoms with Crippen LogP contribution in [0.3, 0.4) is 0 Å². The summed E-state index contributed by atoms with van der Waals surface area (Å²) in [4.78, 5) is 15.9. The first-order valence-corrected chi connectivity index (χ1v) is 6.22. The fourth-order valence-corrected chi connectivity index (χ4v) is 2.55. The SMILES string of the molecule is NC(=O)c1nc(-c2ccccc2)n2c1CCCC2. The van der Waals surface area contributed by atoms with Crippen molar-refractivity contribution in [2.45, 2.75) is 25.8 Å². The number of hydrogen-bond donors (Lipinski definition) is 1. The molecule has 1 aliphatic heterocycles. The predicted molar refractivity (Wildman–Crippen MR) is 69.1 cm³/mol. The Bertz CT molecular complexity index is 587. The van der Waals surface area contributed by atoms with Crippen LogP contribution in [0.4, 0.5) is 0 Å². The lowest BCUT2D eigenvalue weighted by Crippen LogP contribution is -2.17. The van der Waals surface area contributed by atoms with E-state index in [0.717, 1.165) is 42.9 Å². The summed E-state index contributed by atoms with van der Waals surface area (Å²) in [7, 11) is 0. The van der Waals surface area contributed by atoms with Crippen molar-refractivity contribution in [3.8, 4) is 11.4 Å². The predicted octanol–water partition coefficient (Wildman–Crippen LogP) is 1.99. The van der Waals surface area contributed by atoms with Crippen LogP contribution in [0.1, 0.15) is 29.0 Å². The average Bonchev–Trinajstić information content (AvgIpc) is 2.79. The van der Waals surface area contributed by atoms with Gasteiger partial charge in [0.15, 0.2) is 0 Å². The number of aromatic nitrogens is 2. The van der Waals surface area contributed by atoms with Crippen molar-refractivity contribution in [3.05, 3.63) is 41.7 Å². The highest BCUT2D eigenvalue weighted by molar-refractivity contribution is 5.93. The molecule has 2 N–H and O–H groups in total. The van der Waals surface area contributed by atoms with Crippen molar-refractivity contribution in [1.29, 1.82) is 0 Å². The van der Waals surface area contributed by atoms with E-state index in [9.17, 15) is 4.79 Å². The van der Waals surface area contributed by atoms with E-state index in [-0.39, 0.29) is 0 Å². The molecule has 0 spiro atoms. The number of hydrogen-bond acceptors (Lipinski definition) is 2. The number of primary amides is 1. The Morgan fingerprint density at radius 1 is 1.22 bits per heavy atom. The second-order valence-electron chi connectivity index (χ2n) is 4.57. The van der Waals surface area contributed by atoms with Gasteiger partial charge in [0.25, 0.3) is 5.91 Å². The van der Waals surface area contributed by atoms with Crippen molar-refractivity contribution in [3.63, 3.8) is 0 Å². The second kappa shape index (κ2) is 4.29. The van der Waals surface area contributed by atoms with Gasteiger partial charge < -0.3 is 10.3 Å². The smallest absolute Gasteiger partial charge is 0.269 e. The van der Waals surface area contributed by atoms with Crippen LogP contribution in [0.15, 0.2) is 30.3 Å². The van der Waals surface area contributed by atoms with Gasteiger partial charge in [0.05, 0.1) is 5.69 Å². The minimum atomic E-state index is -0.428. The highest BCUT2D eigenvalue weighted by atomic mass is 16.1. The number of imidazole rings is 1. The number of carbonyl (C=O) groups excluding carboxylic acids is 1. The molecule has 0 atom stereocenters. The molecule has 0 saturated carbocycles. The van der Waals surface area contributed by atoms with Gasteiger partial charge in [-0.1, -0.05) is 30.3 Å². The molecule has 0 saturated heterocycles. The van der Waals surface area contributed by atoms with E-state index < -0.39 is 5.91 Å². The Hall–Kier alpha value is -2.10. The Morgan fingerprint density at radius 2 is 2.00 bits per heavy atom. The molecule has 1 amide bonds. The van der Waals surface area contributed by atoms with E-state index in [4.69, 9.17) is 5.73 Å². The molecule has 2 aromatic rings. The van der Waals surface area contributed by atoms with Gasteiger partial charge in [-0.05, 0) is 19.3 Å². The first kappa shape index (κ1) is 11.0. The maximum Gasteiger partial charge on any atom is 0.269 e. The molecule has 3 rings (SSSR count). The minimum Gasteiger partial charge on any atom is -0.364 e. The Labute approximate surface area is 105 Å². The highest BCUT2D eigenvalue weighted by Crippen LogP contribution is 2.27. The van der Waals surface area contributed by atoms with Crippen LogP contribution in [0.5, 0.6) is 0 Å². The fraction of sp³-hybridized carbons (Fsp3) is 0.286. The number of nitrogens with two attached hydrogens (primary N) is 1. The number of carbonyl (C=O) groups is 1. The van der Waals surface area contributed by atoms with Crippen molar-refractivity contribution >= 4 is 5.91 Å². The topological polar surface area (TPSA) is 60.9 Å². The van der Waals surface area contributed by atoms with Crippen molar-refractivity contribution in [2.24, 2.45) is 5.73 Å². The van der Waals surface area contributed by atoms with Crippen molar-refractivity contribution in [1.82, 2.24) is 9.55 Å². The largest absolute Gasteiger partial charge is 0.364 e. The Balaban J connectivity index is 2.18. The van der Waals surface area contributed by atoms with E-state index >= 15 is 0 Å². The minimum absolute atomic E-state index is 0.428. The molecule has 0 unspecified atom stereocenters. The first-order chi connectivity index (χ1) is 8.77. The normalized spacial score (nSPS) is 14.2. The monoisotopic (exact) mass is 241 g/mol. The molecular weight excluding hydrogens is 226 g/mol. The van der Waals surface area contributed by atoms with Crippen molar-refractivity contribution in [2.75, 3.05) is 0 Å². The number of rotatable bonds is 2. The fourth-order valence-electron chi connectivity index (χ4n) is 2.55. The third kappa shape index (κ3) is 1.70. The molecule has 0 aliphatic carbocycles. The second-order valence-corrected chi connectivity index (χ2v) is 4.57. The first-order valence-electron chi connectivity index (χ1n) is 6.22. The van der Waals surface area contributed by atoms with Gasteiger partial charge in [0, 0.05) is 12.1 Å². The molecule has 4 heteroatoms. The van der Waals surface area contributed by atoms with Crippen LogP contribution in [0.2, 0.25) is 0 Å². The van der Waals surface area contributed by atoms with Crippen molar-refractivity contribution < 1.29 is 4.79 Å². The van der Waals surface area contributed by atoms with E-state index in [0.29, 0.717) is 5.69 Å². The lowest BCUT2D eigenvalue weighted by atomic mass is 10.1. The molecule has 92 valence electrons. The van der Waals surface area contributed by atoms with Gasteiger partial charge in [-0.25, -0.2) is 4.98 Å². The summed E-state index contributed by atoms with van der Waals surface area (Å²) in [5.74, 6) is 0.432. The summed E-state index contributed by atoms with van der Waals surface area (Å²) in [6.07, 6.45) is 3.11. The van der Waals surface area contributed by atoms with E-state index in [1.165, 1.54) is 0 Å². The average molecular weight is 241 g/mol. The number of fused-ring (bicyclic) bond motifs is 1. The van der Waals surface area contributed by atoms with E-state index in [1.807, 2.05) is 30.3 Å². The zero-order valence-corrected chi connectivity index (χ0v) is 10.1. The summed E-state index contributed by atoms with van der Waals surface area (Å²) >= 11 is 0. The number of amides is 1. The third-order valence-corrected chi connectivity index (χ3v) is 3.38. The van der Waals surface area contributed by atoms with E-state index in [1.54, 1.807) is 0 Å². The zero-order chi connectivity index (χ0) is 12.5. The van der Waals surface area contributed by atoms with Crippen LogP contribution in [0.25, 0.3) is 11.4 Å². The molecule has 1 aliphatic rings. The molecule has 1 aromatic carbocycles. The molecule has 18 heavy (non-hydrogen) atoms. The van der Waals surface area contributed by atoms with Gasteiger partial charge >= 0.3 is 0 Å². The molecule has 0 fully saturated rings. The number of benzene rings is 1. The van der Waals surface area contributed by atoms with Gasteiger partial charge in [0.2, 0.25) is 0 Å². The van der Waals surface area contributed by atoms with Crippen LogP contribution in [0, 0.1) is 0 Å².